The van der Waals surface area contributed by atoms with Gasteiger partial charge in [0.2, 0.25) is 23.6 Å². The molecule has 0 saturated carbocycles. The molecule has 2 saturated heterocycles. The fourth-order valence-corrected chi connectivity index (χ4v) is 4.03. The van der Waals surface area contributed by atoms with E-state index in [1.165, 1.54) is 0 Å². The summed E-state index contributed by atoms with van der Waals surface area (Å²) in [5, 5.41) is 0.977. The van der Waals surface area contributed by atoms with Gasteiger partial charge in [-0.05, 0) is 12.1 Å². The lowest BCUT2D eigenvalue weighted by Crippen LogP contribution is -2.52. The van der Waals surface area contributed by atoms with E-state index >= 15 is 0 Å². The minimum absolute atomic E-state index is 0.121. The largest absolute Gasteiger partial charge is 0.460 e. The third kappa shape index (κ3) is 4.23. The number of aryl methyl sites for hydroxylation is 1. The first-order chi connectivity index (χ1) is 15.0. The minimum Gasteiger partial charge on any atom is -0.460 e. The van der Waals surface area contributed by atoms with E-state index in [0.717, 1.165) is 33.6 Å². The molecule has 8 nitrogen and oxygen atoms in total. The van der Waals surface area contributed by atoms with Crippen LogP contribution in [-0.4, -0.2) is 71.1 Å². The summed E-state index contributed by atoms with van der Waals surface area (Å²) in [5.74, 6) is -0.134. The number of piperazine rings is 1. The van der Waals surface area contributed by atoms with Crippen LogP contribution in [0.1, 0.15) is 31.1 Å². The molecule has 2 aromatic rings. The molecule has 0 aliphatic carbocycles. The van der Waals surface area contributed by atoms with Crippen molar-refractivity contribution in [2.24, 2.45) is 0 Å². The Kier molecular flexibility index (Phi) is 5.88. The first kappa shape index (κ1) is 20.8. The third-order valence-electron chi connectivity index (χ3n) is 5.82. The van der Waals surface area contributed by atoms with Gasteiger partial charge in [0.15, 0.2) is 0 Å². The number of para-hydroxylation sites is 1. The topological polar surface area (TPSA) is 91.1 Å². The summed E-state index contributed by atoms with van der Waals surface area (Å²) < 4.78 is 5.86. The number of hydrogen-bond donors (Lipinski definition) is 0. The van der Waals surface area contributed by atoms with Gasteiger partial charge in [-0.25, -0.2) is 0 Å². The van der Waals surface area contributed by atoms with Crippen LogP contribution in [0.25, 0.3) is 17.0 Å². The molecule has 2 fully saturated rings. The number of nitrogens with zero attached hydrogens (tertiary/aromatic N) is 3. The van der Waals surface area contributed by atoms with Crippen LogP contribution in [0.3, 0.4) is 0 Å². The summed E-state index contributed by atoms with van der Waals surface area (Å²) in [6, 6.07) is 7.74. The number of likely N-dealkylation sites (tertiary alicyclic amines) is 1. The van der Waals surface area contributed by atoms with Gasteiger partial charge < -0.3 is 14.2 Å². The number of furan rings is 1. The number of carbonyl (C=O) groups is 4. The molecular weight excluding hydrogens is 398 g/mol. The Morgan fingerprint density at radius 3 is 2.32 bits per heavy atom. The van der Waals surface area contributed by atoms with Crippen LogP contribution in [0, 0.1) is 0 Å². The molecule has 3 heterocycles. The van der Waals surface area contributed by atoms with Gasteiger partial charge in [0, 0.05) is 62.5 Å². The predicted molar refractivity (Wildman–Crippen MR) is 114 cm³/mol. The predicted octanol–water partition coefficient (Wildman–Crippen LogP) is 1.83. The summed E-state index contributed by atoms with van der Waals surface area (Å²) in [7, 11) is 0. The van der Waals surface area contributed by atoms with E-state index in [0.29, 0.717) is 26.2 Å². The molecule has 8 heteroatoms. The normalized spacial score (nSPS) is 17.4. The second kappa shape index (κ2) is 8.75. The lowest BCUT2D eigenvalue weighted by Gasteiger charge is -2.34. The van der Waals surface area contributed by atoms with Crippen molar-refractivity contribution in [1.29, 1.82) is 0 Å². The third-order valence-corrected chi connectivity index (χ3v) is 5.82. The molecule has 0 unspecified atom stereocenters. The summed E-state index contributed by atoms with van der Waals surface area (Å²) in [6.07, 6.45) is 4.43. The van der Waals surface area contributed by atoms with Gasteiger partial charge in [0.1, 0.15) is 17.9 Å². The van der Waals surface area contributed by atoms with Gasteiger partial charge >= 0.3 is 0 Å². The Bertz CT molecular complexity index is 1050. The molecule has 0 spiro atoms. The van der Waals surface area contributed by atoms with Gasteiger partial charge in [0.05, 0.1) is 0 Å². The standard InChI is InChI=1S/C23H25N3O5/c1-2-18-17(16-5-3-4-6-19(16)31-18)7-8-20(27)24-11-13-25(14-12-24)23(30)15-26-21(28)9-10-22(26)29/h3-8H,2,9-15H2,1H3/b8-7+. The fourth-order valence-electron chi connectivity index (χ4n) is 4.03. The summed E-state index contributed by atoms with van der Waals surface area (Å²) in [5.41, 5.74) is 1.72. The van der Waals surface area contributed by atoms with E-state index in [1.54, 1.807) is 22.0 Å². The Hall–Kier alpha value is -3.42. The molecule has 2 aliphatic rings. The molecule has 1 aromatic heterocycles. The number of imide groups is 1. The molecule has 0 N–H and O–H groups in total. The Labute approximate surface area is 180 Å². The van der Waals surface area contributed by atoms with E-state index in [4.69, 9.17) is 4.42 Å². The molecule has 162 valence electrons. The highest BCUT2D eigenvalue weighted by Gasteiger charge is 2.32. The van der Waals surface area contributed by atoms with Crippen molar-refractivity contribution in [3.63, 3.8) is 0 Å². The molecule has 1 aromatic carbocycles. The van der Waals surface area contributed by atoms with Crippen molar-refractivity contribution in [3.05, 3.63) is 41.7 Å². The maximum atomic E-state index is 12.7. The maximum Gasteiger partial charge on any atom is 0.246 e. The molecular formula is C23H25N3O5. The second-order valence-electron chi connectivity index (χ2n) is 7.70. The van der Waals surface area contributed by atoms with Crippen molar-refractivity contribution in [2.45, 2.75) is 26.2 Å². The van der Waals surface area contributed by atoms with Crippen molar-refractivity contribution >= 4 is 40.7 Å². The zero-order valence-electron chi connectivity index (χ0n) is 17.5. The summed E-state index contributed by atoms with van der Waals surface area (Å²) in [6.45, 7) is 3.37. The lowest BCUT2D eigenvalue weighted by atomic mass is 10.1. The summed E-state index contributed by atoms with van der Waals surface area (Å²) in [4.78, 5) is 52.9. The van der Waals surface area contributed by atoms with Crippen molar-refractivity contribution in [1.82, 2.24) is 14.7 Å². The van der Waals surface area contributed by atoms with Crippen LogP contribution in [0.4, 0.5) is 0 Å². The minimum atomic E-state index is -0.296. The molecule has 0 radical (unpaired) electrons. The van der Waals surface area contributed by atoms with Crippen molar-refractivity contribution < 1.29 is 23.6 Å². The average Bonchev–Trinajstić information content (AvgIpc) is 3.31. The van der Waals surface area contributed by atoms with E-state index in [-0.39, 0.29) is 43.0 Å². The van der Waals surface area contributed by atoms with Crippen LogP contribution >= 0.6 is 0 Å². The first-order valence-corrected chi connectivity index (χ1v) is 10.6. The summed E-state index contributed by atoms with van der Waals surface area (Å²) >= 11 is 0. The highest BCUT2D eigenvalue weighted by atomic mass is 16.3. The number of hydrogen-bond acceptors (Lipinski definition) is 5. The van der Waals surface area contributed by atoms with Gasteiger partial charge in [-0.3, -0.25) is 24.1 Å². The van der Waals surface area contributed by atoms with E-state index in [1.807, 2.05) is 31.2 Å². The number of amides is 4. The van der Waals surface area contributed by atoms with Crippen molar-refractivity contribution in [2.75, 3.05) is 32.7 Å². The highest BCUT2D eigenvalue weighted by molar-refractivity contribution is 6.04. The number of benzene rings is 1. The monoisotopic (exact) mass is 423 g/mol. The highest BCUT2D eigenvalue weighted by Crippen LogP contribution is 2.27. The number of carbonyl (C=O) groups excluding carboxylic acids is 4. The zero-order valence-corrected chi connectivity index (χ0v) is 17.5. The van der Waals surface area contributed by atoms with E-state index < -0.39 is 0 Å². The van der Waals surface area contributed by atoms with E-state index in [2.05, 4.69) is 0 Å². The molecule has 0 bridgehead atoms. The molecule has 2 aliphatic heterocycles. The maximum absolute atomic E-state index is 12.7. The second-order valence-corrected chi connectivity index (χ2v) is 7.70. The molecule has 0 atom stereocenters. The van der Waals surface area contributed by atoms with Gasteiger partial charge in [-0.1, -0.05) is 25.1 Å². The molecule has 4 amide bonds. The van der Waals surface area contributed by atoms with Gasteiger partial charge in [-0.2, -0.15) is 0 Å². The van der Waals surface area contributed by atoms with Crippen LogP contribution in [0.5, 0.6) is 0 Å². The van der Waals surface area contributed by atoms with E-state index in [9.17, 15) is 19.2 Å². The Morgan fingerprint density at radius 1 is 1.00 bits per heavy atom. The smallest absolute Gasteiger partial charge is 0.246 e. The lowest BCUT2D eigenvalue weighted by molar-refractivity contribution is -0.146. The van der Waals surface area contributed by atoms with Crippen LogP contribution in [-0.2, 0) is 25.6 Å². The Balaban J connectivity index is 1.35. The number of fused-ring (bicyclic) bond motifs is 1. The van der Waals surface area contributed by atoms with Crippen LogP contribution in [0.2, 0.25) is 0 Å². The van der Waals surface area contributed by atoms with Crippen LogP contribution in [0.15, 0.2) is 34.8 Å². The molecule has 4 rings (SSSR count). The zero-order chi connectivity index (χ0) is 22.0. The van der Waals surface area contributed by atoms with Crippen LogP contribution < -0.4 is 0 Å². The Morgan fingerprint density at radius 2 is 1.65 bits per heavy atom. The van der Waals surface area contributed by atoms with Crippen molar-refractivity contribution in [3.8, 4) is 0 Å². The SMILES string of the molecule is CCc1oc2ccccc2c1/C=C/C(=O)N1CCN(C(=O)CN2C(=O)CCC2=O)CC1. The number of rotatable bonds is 5. The van der Waals surface area contributed by atoms with Gasteiger partial charge in [-0.15, -0.1) is 0 Å². The molecule has 31 heavy (non-hydrogen) atoms. The fraction of sp³-hybridized carbons (Fsp3) is 0.391. The quantitative estimate of drug-likeness (QED) is 0.541. The van der Waals surface area contributed by atoms with Gasteiger partial charge in [0.25, 0.3) is 0 Å². The average molecular weight is 423 g/mol. The first-order valence-electron chi connectivity index (χ1n) is 10.6.